The number of terminal acetylenes is 2. The third-order valence-electron chi connectivity index (χ3n) is 2.50. The Morgan fingerprint density at radius 3 is 2.31 bits per heavy atom. The minimum atomic E-state index is -2.01. The fraction of sp³-hybridized carbons (Fsp3) is 0.143. The van der Waals surface area contributed by atoms with Crippen LogP contribution in [-0.2, 0) is 0 Å². The Morgan fingerprint density at radius 2 is 1.88 bits per heavy atom. The Hall–Kier alpha value is -1.90. The lowest BCUT2D eigenvalue weighted by Gasteiger charge is -2.16. The van der Waals surface area contributed by atoms with Gasteiger partial charge in [-0.1, -0.05) is 30.3 Å². The number of hydrogen-bond donors (Lipinski definition) is 0. The van der Waals surface area contributed by atoms with E-state index >= 15 is 0 Å². The summed E-state index contributed by atoms with van der Waals surface area (Å²) in [5.74, 6) is 3.32. The second-order valence-electron chi connectivity index (χ2n) is 3.58. The number of allylic oxidation sites excluding steroid dienone is 1. The van der Waals surface area contributed by atoms with E-state index in [2.05, 4.69) is 18.0 Å². The van der Waals surface area contributed by atoms with Crippen LogP contribution in [0.25, 0.3) is 0 Å². The first-order chi connectivity index (χ1) is 7.66. The van der Waals surface area contributed by atoms with Crippen molar-refractivity contribution in [1.82, 2.24) is 0 Å². The Bertz CT molecular complexity index is 459. The first-order valence-electron chi connectivity index (χ1n) is 4.92. The Labute approximate surface area is 98.2 Å². The lowest BCUT2D eigenvalue weighted by Crippen LogP contribution is -2.41. The molecular weight excluding hydrogens is 212 g/mol. The molecule has 1 aromatic carbocycles. The molecule has 16 heavy (non-hydrogen) atoms. The zero-order valence-corrected chi connectivity index (χ0v) is 10.5. The summed E-state index contributed by atoms with van der Waals surface area (Å²) in [4.78, 5) is 0. The number of rotatable bonds is 3. The van der Waals surface area contributed by atoms with Crippen LogP contribution < -0.4 is 9.92 Å². The van der Waals surface area contributed by atoms with Gasteiger partial charge in [0.1, 0.15) is 5.75 Å². The van der Waals surface area contributed by atoms with Gasteiger partial charge in [-0.05, 0) is 23.4 Å². The molecule has 0 bridgehead atoms. The largest absolute Gasteiger partial charge is 0.497 e. The molecule has 0 spiro atoms. The van der Waals surface area contributed by atoms with Gasteiger partial charge in [0.2, 0.25) is 0 Å². The molecule has 0 saturated heterocycles. The van der Waals surface area contributed by atoms with Gasteiger partial charge in [0.15, 0.2) is 8.07 Å². The molecule has 1 nitrogen and oxygen atoms in total. The molecule has 2 heteroatoms. The Balaban J connectivity index is 3.10. The predicted molar refractivity (Wildman–Crippen MR) is 71.1 cm³/mol. The third kappa shape index (κ3) is 2.57. The van der Waals surface area contributed by atoms with Crippen molar-refractivity contribution in [3.8, 4) is 30.1 Å². The van der Waals surface area contributed by atoms with Crippen LogP contribution in [0.5, 0.6) is 5.75 Å². The molecule has 1 unspecified atom stereocenters. The highest BCUT2D eigenvalue weighted by Gasteiger charge is 2.23. The van der Waals surface area contributed by atoms with Crippen LogP contribution >= 0.6 is 0 Å². The van der Waals surface area contributed by atoms with E-state index in [1.807, 2.05) is 30.0 Å². The standard InChI is InChI=1S/C14H14OSi/c1-5-7-12-16(4,6-2)14-10-8-13(15-3)9-11-14/h1-2,7-12H,3-4H3. The maximum atomic E-state index is 5.61. The van der Waals surface area contributed by atoms with Gasteiger partial charge in [-0.2, -0.15) is 0 Å². The summed E-state index contributed by atoms with van der Waals surface area (Å²) in [7, 11) is -0.363. The van der Waals surface area contributed by atoms with E-state index in [-0.39, 0.29) is 0 Å². The van der Waals surface area contributed by atoms with Crippen LogP contribution in [0.15, 0.2) is 36.0 Å². The zero-order chi connectivity index (χ0) is 12.0. The summed E-state index contributed by atoms with van der Waals surface area (Å²) in [5.41, 5.74) is 4.86. The van der Waals surface area contributed by atoms with Crippen molar-refractivity contribution in [2.24, 2.45) is 0 Å². The molecule has 1 atom stereocenters. The van der Waals surface area contributed by atoms with Crippen LogP contribution in [0.1, 0.15) is 0 Å². The predicted octanol–water partition coefficient (Wildman–Crippen LogP) is 1.88. The minimum absolute atomic E-state index is 0.832. The molecule has 1 aromatic rings. The van der Waals surface area contributed by atoms with Crippen molar-refractivity contribution in [3.05, 3.63) is 36.0 Å². The average molecular weight is 226 g/mol. The molecule has 0 aromatic heterocycles. The van der Waals surface area contributed by atoms with E-state index in [0.29, 0.717) is 0 Å². The van der Waals surface area contributed by atoms with Crippen LogP contribution in [-0.4, -0.2) is 15.2 Å². The summed E-state index contributed by atoms with van der Waals surface area (Å²) >= 11 is 0. The third-order valence-corrected chi connectivity index (χ3v) is 5.47. The van der Waals surface area contributed by atoms with E-state index in [1.165, 1.54) is 0 Å². The molecular formula is C14H14OSi. The summed E-state index contributed by atoms with van der Waals surface area (Å²) in [6.45, 7) is 2.09. The Kier molecular flexibility index (Phi) is 4.00. The van der Waals surface area contributed by atoms with E-state index in [9.17, 15) is 0 Å². The van der Waals surface area contributed by atoms with Crippen molar-refractivity contribution in [2.45, 2.75) is 6.55 Å². The molecule has 0 saturated carbocycles. The van der Waals surface area contributed by atoms with Crippen LogP contribution in [0.4, 0.5) is 0 Å². The van der Waals surface area contributed by atoms with Gasteiger partial charge >= 0.3 is 0 Å². The lowest BCUT2D eigenvalue weighted by atomic mass is 10.3. The van der Waals surface area contributed by atoms with Gasteiger partial charge in [0.25, 0.3) is 0 Å². The van der Waals surface area contributed by atoms with Crippen LogP contribution in [0, 0.1) is 24.3 Å². The average Bonchev–Trinajstić information content (AvgIpc) is 2.36. The van der Waals surface area contributed by atoms with Crippen molar-refractivity contribution in [1.29, 1.82) is 0 Å². The van der Waals surface area contributed by atoms with E-state index in [4.69, 9.17) is 17.6 Å². The molecule has 0 radical (unpaired) electrons. The van der Waals surface area contributed by atoms with Crippen molar-refractivity contribution < 1.29 is 4.74 Å². The van der Waals surface area contributed by atoms with E-state index < -0.39 is 8.07 Å². The molecule has 1 rings (SSSR count). The summed E-state index contributed by atoms with van der Waals surface area (Å²) in [6.07, 6.45) is 12.5. The molecule has 0 heterocycles. The molecule has 0 amide bonds. The monoisotopic (exact) mass is 226 g/mol. The normalized spacial score (nSPS) is 13.8. The number of hydrogen-bond acceptors (Lipinski definition) is 1. The van der Waals surface area contributed by atoms with Gasteiger partial charge in [0, 0.05) is 0 Å². The fourth-order valence-electron chi connectivity index (χ4n) is 1.38. The molecule has 0 aliphatic heterocycles. The quantitative estimate of drug-likeness (QED) is 0.565. The summed E-state index contributed by atoms with van der Waals surface area (Å²) in [5, 5.41) is 1.15. The SMILES string of the molecule is C#CC=C[Si](C)(C#C)c1ccc(OC)cc1. The highest BCUT2D eigenvalue weighted by Crippen LogP contribution is 2.10. The molecule has 0 fully saturated rings. The number of methoxy groups -OCH3 is 1. The van der Waals surface area contributed by atoms with Crippen LogP contribution in [0.3, 0.4) is 0 Å². The highest BCUT2D eigenvalue weighted by atomic mass is 28.3. The molecule has 0 aliphatic rings. The van der Waals surface area contributed by atoms with Crippen molar-refractivity contribution >= 4 is 13.3 Å². The second-order valence-corrected chi connectivity index (χ2v) is 7.18. The molecule has 0 aliphatic carbocycles. The minimum Gasteiger partial charge on any atom is -0.497 e. The number of benzene rings is 1. The van der Waals surface area contributed by atoms with Gasteiger partial charge in [-0.15, -0.1) is 18.4 Å². The number of ether oxygens (including phenoxy) is 1. The second kappa shape index (κ2) is 5.26. The lowest BCUT2D eigenvalue weighted by molar-refractivity contribution is 0.415. The first-order valence-corrected chi connectivity index (χ1v) is 7.50. The van der Waals surface area contributed by atoms with Crippen molar-refractivity contribution in [2.75, 3.05) is 7.11 Å². The van der Waals surface area contributed by atoms with Gasteiger partial charge in [-0.25, -0.2) is 0 Å². The van der Waals surface area contributed by atoms with Gasteiger partial charge in [0.05, 0.1) is 7.11 Å². The maximum absolute atomic E-state index is 5.61. The van der Waals surface area contributed by atoms with Crippen molar-refractivity contribution in [3.63, 3.8) is 0 Å². The molecule has 0 N–H and O–H groups in total. The zero-order valence-electron chi connectivity index (χ0n) is 9.53. The molecule has 80 valence electrons. The Morgan fingerprint density at radius 1 is 1.25 bits per heavy atom. The summed E-state index contributed by atoms with van der Waals surface area (Å²) in [6, 6.07) is 7.85. The highest BCUT2D eigenvalue weighted by molar-refractivity contribution is 7.01. The topological polar surface area (TPSA) is 9.23 Å². The first kappa shape index (κ1) is 12.2. The van der Waals surface area contributed by atoms with E-state index in [0.717, 1.165) is 10.9 Å². The smallest absolute Gasteiger partial charge is 0.189 e. The van der Waals surface area contributed by atoms with E-state index in [1.54, 1.807) is 13.2 Å². The van der Waals surface area contributed by atoms with Gasteiger partial charge < -0.3 is 4.74 Å². The van der Waals surface area contributed by atoms with Crippen LogP contribution in [0.2, 0.25) is 6.55 Å². The van der Waals surface area contributed by atoms with Gasteiger partial charge in [-0.3, -0.25) is 0 Å². The fourth-order valence-corrected chi connectivity index (χ4v) is 3.12. The maximum Gasteiger partial charge on any atom is 0.189 e. The summed E-state index contributed by atoms with van der Waals surface area (Å²) < 4.78 is 5.11.